The van der Waals surface area contributed by atoms with Gasteiger partial charge >= 0.3 is 0 Å². The van der Waals surface area contributed by atoms with E-state index in [4.69, 9.17) is 0 Å². The highest BCUT2D eigenvalue weighted by atomic mass is 79.9. The van der Waals surface area contributed by atoms with Crippen LogP contribution >= 0.6 is 15.9 Å². The van der Waals surface area contributed by atoms with Crippen LogP contribution in [0.1, 0.15) is 46.5 Å². The molecule has 0 radical (unpaired) electrons. The minimum atomic E-state index is 0.697. The standard InChI is InChI=1S/C11H21Br/c1-9(2)7-5-6-8-11(12)10(3)4/h10-11H,1,5-8H2,2-4H3. The molecule has 1 heteroatoms. The Kier molecular flexibility index (Phi) is 6.83. The van der Waals surface area contributed by atoms with Crippen LogP contribution in [-0.4, -0.2) is 4.83 Å². The first-order valence-electron chi connectivity index (χ1n) is 4.82. The second-order valence-electron chi connectivity index (χ2n) is 3.96. The molecule has 0 fully saturated rings. The fourth-order valence-corrected chi connectivity index (χ4v) is 1.42. The Labute approximate surface area is 85.6 Å². The summed E-state index contributed by atoms with van der Waals surface area (Å²) in [6, 6.07) is 0. The smallest absolute Gasteiger partial charge is 0.0168 e. The predicted octanol–water partition coefficient (Wildman–Crippen LogP) is 4.54. The van der Waals surface area contributed by atoms with Crippen LogP contribution in [0.2, 0.25) is 0 Å². The van der Waals surface area contributed by atoms with Crippen molar-refractivity contribution in [2.45, 2.75) is 51.3 Å². The van der Waals surface area contributed by atoms with E-state index in [9.17, 15) is 0 Å². The van der Waals surface area contributed by atoms with E-state index in [0.29, 0.717) is 4.83 Å². The Morgan fingerprint density at radius 2 is 1.92 bits per heavy atom. The maximum Gasteiger partial charge on any atom is 0.0168 e. The first-order chi connectivity index (χ1) is 5.54. The van der Waals surface area contributed by atoms with Crippen LogP contribution < -0.4 is 0 Å². The number of hydrogen-bond acceptors (Lipinski definition) is 0. The summed E-state index contributed by atoms with van der Waals surface area (Å²) in [4.78, 5) is 0.697. The Balaban J connectivity index is 3.25. The summed E-state index contributed by atoms with van der Waals surface area (Å²) in [5.74, 6) is 0.759. The summed E-state index contributed by atoms with van der Waals surface area (Å²) in [7, 11) is 0. The molecular weight excluding hydrogens is 212 g/mol. The van der Waals surface area contributed by atoms with Crippen molar-refractivity contribution in [1.82, 2.24) is 0 Å². The highest BCUT2D eigenvalue weighted by molar-refractivity contribution is 9.09. The van der Waals surface area contributed by atoms with Gasteiger partial charge in [0.2, 0.25) is 0 Å². The lowest BCUT2D eigenvalue weighted by atomic mass is 10.0. The van der Waals surface area contributed by atoms with Crippen molar-refractivity contribution >= 4 is 15.9 Å². The van der Waals surface area contributed by atoms with E-state index in [2.05, 4.69) is 43.3 Å². The van der Waals surface area contributed by atoms with Crippen molar-refractivity contribution < 1.29 is 0 Å². The molecule has 72 valence electrons. The minimum absolute atomic E-state index is 0.697. The van der Waals surface area contributed by atoms with Gasteiger partial charge in [0.1, 0.15) is 0 Å². The van der Waals surface area contributed by atoms with E-state index in [0.717, 1.165) is 5.92 Å². The third kappa shape index (κ3) is 6.90. The summed E-state index contributed by atoms with van der Waals surface area (Å²) in [5.41, 5.74) is 1.31. The van der Waals surface area contributed by atoms with Gasteiger partial charge in [0.25, 0.3) is 0 Å². The summed E-state index contributed by atoms with van der Waals surface area (Å²) in [6.45, 7) is 10.5. The molecule has 1 unspecified atom stereocenters. The average Bonchev–Trinajstić information content (AvgIpc) is 1.97. The highest BCUT2D eigenvalue weighted by Gasteiger charge is 2.07. The van der Waals surface area contributed by atoms with E-state index >= 15 is 0 Å². The zero-order valence-corrected chi connectivity index (χ0v) is 10.2. The molecule has 0 aromatic carbocycles. The Hall–Kier alpha value is 0.220. The maximum absolute atomic E-state index is 3.90. The quantitative estimate of drug-likeness (QED) is 0.359. The fourth-order valence-electron chi connectivity index (χ4n) is 1.10. The van der Waals surface area contributed by atoms with Crippen molar-refractivity contribution in [2.24, 2.45) is 5.92 Å². The zero-order chi connectivity index (χ0) is 9.56. The van der Waals surface area contributed by atoms with Crippen molar-refractivity contribution in [1.29, 1.82) is 0 Å². The second-order valence-corrected chi connectivity index (χ2v) is 5.14. The molecule has 0 saturated heterocycles. The molecule has 0 aliphatic carbocycles. The van der Waals surface area contributed by atoms with Gasteiger partial charge < -0.3 is 0 Å². The lowest BCUT2D eigenvalue weighted by Gasteiger charge is -2.12. The van der Waals surface area contributed by atoms with Gasteiger partial charge in [0.15, 0.2) is 0 Å². The lowest BCUT2D eigenvalue weighted by molar-refractivity contribution is 0.550. The molecule has 0 aromatic heterocycles. The Morgan fingerprint density at radius 3 is 2.33 bits per heavy atom. The third-order valence-electron chi connectivity index (χ3n) is 2.06. The van der Waals surface area contributed by atoms with E-state index in [1.54, 1.807) is 0 Å². The summed E-state index contributed by atoms with van der Waals surface area (Å²) in [6.07, 6.45) is 5.11. The molecular formula is C11H21Br. The first-order valence-corrected chi connectivity index (χ1v) is 5.74. The molecule has 0 aliphatic heterocycles. The molecule has 12 heavy (non-hydrogen) atoms. The monoisotopic (exact) mass is 232 g/mol. The van der Waals surface area contributed by atoms with Gasteiger partial charge in [0.05, 0.1) is 0 Å². The molecule has 0 N–H and O–H groups in total. The number of alkyl halides is 1. The molecule has 1 atom stereocenters. The largest absolute Gasteiger partial charge is 0.100 e. The van der Waals surface area contributed by atoms with Crippen molar-refractivity contribution in [3.63, 3.8) is 0 Å². The topological polar surface area (TPSA) is 0 Å². The summed E-state index contributed by atoms with van der Waals surface area (Å²) in [5, 5.41) is 0. The average molecular weight is 233 g/mol. The highest BCUT2D eigenvalue weighted by Crippen LogP contribution is 2.19. The van der Waals surface area contributed by atoms with Crippen molar-refractivity contribution in [3.05, 3.63) is 12.2 Å². The van der Waals surface area contributed by atoms with Crippen LogP contribution in [0.4, 0.5) is 0 Å². The molecule has 0 amide bonds. The molecule has 0 heterocycles. The number of allylic oxidation sites excluding steroid dienone is 1. The van der Waals surface area contributed by atoms with Gasteiger partial charge in [-0.1, -0.05) is 41.8 Å². The normalized spacial score (nSPS) is 13.4. The van der Waals surface area contributed by atoms with E-state index in [1.807, 2.05) is 0 Å². The summed E-state index contributed by atoms with van der Waals surface area (Å²) >= 11 is 3.69. The molecule has 0 spiro atoms. The van der Waals surface area contributed by atoms with Crippen molar-refractivity contribution in [3.8, 4) is 0 Å². The molecule has 0 saturated carbocycles. The second kappa shape index (κ2) is 6.71. The van der Waals surface area contributed by atoms with Gasteiger partial charge in [0, 0.05) is 4.83 Å². The molecule has 0 bridgehead atoms. The van der Waals surface area contributed by atoms with Crippen LogP contribution in [0.15, 0.2) is 12.2 Å². The third-order valence-corrected chi connectivity index (χ3v) is 3.57. The van der Waals surface area contributed by atoms with Gasteiger partial charge in [-0.15, -0.1) is 6.58 Å². The maximum atomic E-state index is 3.90. The first kappa shape index (κ1) is 12.2. The van der Waals surface area contributed by atoms with Gasteiger partial charge in [-0.05, 0) is 32.1 Å². The lowest BCUT2D eigenvalue weighted by Crippen LogP contribution is -2.06. The van der Waals surface area contributed by atoms with E-state index in [-0.39, 0.29) is 0 Å². The predicted molar refractivity (Wildman–Crippen MR) is 60.8 cm³/mol. The molecule has 0 nitrogen and oxygen atoms in total. The van der Waals surface area contributed by atoms with Gasteiger partial charge in [-0.2, -0.15) is 0 Å². The van der Waals surface area contributed by atoms with E-state index < -0.39 is 0 Å². The van der Waals surface area contributed by atoms with Gasteiger partial charge in [-0.25, -0.2) is 0 Å². The molecule has 0 rings (SSSR count). The number of hydrogen-bond donors (Lipinski definition) is 0. The van der Waals surface area contributed by atoms with Gasteiger partial charge in [-0.3, -0.25) is 0 Å². The minimum Gasteiger partial charge on any atom is -0.100 e. The summed E-state index contributed by atoms with van der Waals surface area (Å²) < 4.78 is 0. The van der Waals surface area contributed by atoms with Crippen LogP contribution in [0, 0.1) is 5.92 Å². The SMILES string of the molecule is C=C(C)CCCCC(Br)C(C)C. The van der Waals surface area contributed by atoms with E-state index in [1.165, 1.54) is 31.3 Å². The fraction of sp³-hybridized carbons (Fsp3) is 0.818. The Morgan fingerprint density at radius 1 is 1.33 bits per heavy atom. The molecule has 0 aliphatic rings. The van der Waals surface area contributed by atoms with Crippen LogP contribution in [0.3, 0.4) is 0 Å². The number of halogens is 1. The van der Waals surface area contributed by atoms with Crippen LogP contribution in [0.5, 0.6) is 0 Å². The van der Waals surface area contributed by atoms with Crippen molar-refractivity contribution in [2.75, 3.05) is 0 Å². The zero-order valence-electron chi connectivity index (χ0n) is 8.57. The number of unbranched alkanes of at least 4 members (excludes halogenated alkanes) is 1. The number of rotatable bonds is 6. The molecule has 0 aromatic rings. The van der Waals surface area contributed by atoms with Crippen LogP contribution in [0.25, 0.3) is 0 Å². The Bertz CT molecular complexity index is 127. The van der Waals surface area contributed by atoms with Crippen LogP contribution in [-0.2, 0) is 0 Å².